The summed E-state index contributed by atoms with van der Waals surface area (Å²) in [5.74, 6) is -0.268. The zero-order chi connectivity index (χ0) is 10.3. The van der Waals surface area contributed by atoms with Crippen molar-refractivity contribution in [1.82, 2.24) is 0 Å². The zero-order valence-corrected chi connectivity index (χ0v) is 8.72. The van der Waals surface area contributed by atoms with Crippen molar-refractivity contribution in [2.24, 2.45) is 5.73 Å². The first kappa shape index (κ1) is 12.0. The maximum absolute atomic E-state index is 11.3. The van der Waals surface area contributed by atoms with Gasteiger partial charge in [-0.15, -0.1) is 0 Å². The average Bonchev–Trinajstić information content (AvgIpc) is 2.05. The second kappa shape index (κ2) is 6.52. The van der Waals surface area contributed by atoms with Gasteiger partial charge in [-0.1, -0.05) is 13.3 Å². The molecule has 0 aromatic heterocycles. The second-order valence-corrected chi connectivity index (χ2v) is 2.99. The lowest BCUT2D eigenvalue weighted by molar-refractivity contribution is -0.138. The smallest absolute Gasteiger partial charge is 0.335 e. The molecule has 3 nitrogen and oxygen atoms in total. The van der Waals surface area contributed by atoms with Gasteiger partial charge in [-0.25, -0.2) is 4.79 Å². The molecule has 0 fully saturated rings. The van der Waals surface area contributed by atoms with Crippen molar-refractivity contribution in [3.05, 3.63) is 11.3 Å². The Morgan fingerprint density at radius 1 is 1.38 bits per heavy atom. The van der Waals surface area contributed by atoms with Crippen LogP contribution in [0.2, 0.25) is 0 Å². The van der Waals surface area contributed by atoms with Gasteiger partial charge in [-0.2, -0.15) is 0 Å². The number of ether oxygens (including phenoxy) is 1. The number of hydrogen-bond donors (Lipinski definition) is 1. The van der Waals surface area contributed by atoms with E-state index in [9.17, 15) is 4.79 Å². The summed E-state index contributed by atoms with van der Waals surface area (Å²) in [5.41, 5.74) is 6.79. The van der Waals surface area contributed by atoms with Gasteiger partial charge >= 0.3 is 5.97 Å². The lowest BCUT2D eigenvalue weighted by Crippen LogP contribution is -2.12. The van der Waals surface area contributed by atoms with Gasteiger partial charge in [-0.05, 0) is 26.7 Å². The Balaban J connectivity index is 4.27. The molecular formula is C10H19NO2. The number of allylic oxidation sites excluding steroid dienone is 1. The Morgan fingerprint density at radius 3 is 2.38 bits per heavy atom. The van der Waals surface area contributed by atoms with Crippen LogP contribution in [0, 0.1) is 0 Å². The monoisotopic (exact) mass is 185 g/mol. The van der Waals surface area contributed by atoms with Gasteiger partial charge in [0.2, 0.25) is 0 Å². The van der Waals surface area contributed by atoms with E-state index in [0.29, 0.717) is 17.9 Å². The van der Waals surface area contributed by atoms with E-state index in [1.54, 1.807) is 13.8 Å². The van der Waals surface area contributed by atoms with Gasteiger partial charge in [0.25, 0.3) is 0 Å². The predicted octanol–water partition coefficient (Wildman–Crippen LogP) is 1.97. The molecule has 0 saturated carbocycles. The summed E-state index contributed by atoms with van der Waals surface area (Å²) in [6.45, 7) is 6.01. The molecule has 13 heavy (non-hydrogen) atoms. The molecule has 0 bridgehead atoms. The van der Waals surface area contributed by atoms with Crippen LogP contribution in [0.1, 0.15) is 40.0 Å². The minimum absolute atomic E-state index is 0.268. The van der Waals surface area contributed by atoms with Crippen molar-refractivity contribution in [2.75, 3.05) is 6.61 Å². The summed E-state index contributed by atoms with van der Waals surface area (Å²) in [6.07, 6.45) is 2.75. The molecule has 0 spiro atoms. The van der Waals surface area contributed by atoms with Gasteiger partial charge < -0.3 is 10.5 Å². The highest BCUT2D eigenvalue weighted by Crippen LogP contribution is 2.11. The van der Waals surface area contributed by atoms with Crippen LogP contribution in [0.25, 0.3) is 0 Å². The van der Waals surface area contributed by atoms with Crippen LogP contribution in [0.4, 0.5) is 0 Å². The lowest BCUT2D eigenvalue weighted by Gasteiger charge is -2.07. The highest BCUT2D eigenvalue weighted by atomic mass is 16.5. The molecule has 0 aliphatic carbocycles. The highest BCUT2D eigenvalue weighted by molar-refractivity contribution is 5.89. The largest absolute Gasteiger partial charge is 0.463 e. The van der Waals surface area contributed by atoms with Crippen LogP contribution >= 0.6 is 0 Å². The molecule has 0 rings (SSSR count). The number of nitrogens with two attached hydrogens (primary N) is 1. The summed E-state index contributed by atoms with van der Waals surface area (Å²) < 4.78 is 4.89. The second-order valence-electron chi connectivity index (χ2n) is 2.99. The zero-order valence-electron chi connectivity index (χ0n) is 8.72. The molecule has 0 radical (unpaired) electrons. The Bertz CT molecular complexity index is 193. The minimum atomic E-state index is -0.268. The molecule has 0 atom stereocenters. The minimum Gasteiger partial charge on any atom is -0.463 e. The number of carbonyl (C=O) groups is 1. The molecular weight excluding hydrogens is 166 g/mol. The van der Waals surface area contributed by atoms with E-state index >= 15 is 0 Å². The molecule has 0 aliphatic heterocycles. The summed E-state index contributed by atoms with van der Waals surface area (Å²) in [6, 6.07) is 0. The molecule has 0 aromatic rings. The number of unbranched alkanes of at least 4 members (excludes halogenated alkanes) is 1. The van der Waals surface area contributed by atoms with Gasteiger partial charge in [0.1, 0.15) is 0 Å². The number of carbonyl (C=O) groups excluding carboxylic acids is 1. The molecule has 76 valence electrons. The number of rotatable bonds is 5. The molecule has 0 unspecified atom stereocenters. The van der Waals surface area contributed by atoms with Crippen molar-refractivity contribution in [3.63, 3.8) is 0 Å². The topological polar surface area (TPSA) is 52.3 Å². The molecule has 0 aromatic carbocycles. The van der Waals surface area contributed by atoms with Crippen molar-refractivity contribution < 1.29 is 9.53 Å². The maximum atomic E-state index is 11.3. The van der Waals surface area contributed by atoms with Crippen molar-refractivity contribution >= 4 is 5.97 Å². The van der Waals surface area contributed by atoms with Crippen molar-refractivity contribution in [3.8, 4) is 0 Å². The van der Waals surface area contributed by atoms with Crippen LogP contribution in [-0.4, -0.2) is 12.6 Å². The average molecular weight is 185 g/mol. The SMILES string of the molecule is CCCCC(C(=O)OCC)=C(C)N. The standard InChI is InChI=1S/C10H19NO2/c1-4-6-7-9(8(3)11)10(12)13-5-2/h4-7,11H2,1-3H3. The van der Waals surface area contributed by atoms with Gasteiger partial charge in [0.05, 0.1) is 12.2 Å². The van der Waals surface area contributed by atoms with Crippen LogP contribution < -0.4 is 5.73 Å². The fourth-order valence-corrected chi connectivity index (χ4v) is 1.03. The lowest BCUT2D eigenvalue weighted by atomic mass is 10.1. The summed E-state index contributed by atoms with van der Waals surface area (Å²) >= 11 is 0. The Morgan fingerprint density at radius 2 is 2.00 bits per heavy atom. The Kier molecular flexibility index (Phi) is 6.02. The quantitative estimate of drug-likeness (QED) is 0.526. The van der Waals surface area contributed by atoms with E-state index < -0.39 is 0 Å². The van der Waals surface area contributed by atoms with Crippen LogP contribution in [-0.2, 0) is 9.53 Å². The van der Waals surface area contributed by atoms with Crippen LogP contribution in [0.3, 0.4) is 0 Å². The first-order valence-electron chi connectivity index (χ1n) is 4.75. The Hall–Kier alpha value is -0.990. The third kappa shape index (κ3) is 4.55. The first-order valence-corrected chi connectivity index (χ1v) is 4.75. The number of hydrogen-bond acceptors (Lipinski definition) is 3. The fourth-order valence-electron chi connectivity index (χ4n) is 1.03. The van der Waals surface area contributed by atoms with E-state index in [4.69, 9.17) is 10.5 Å². The van der Waals surface area contributed by atoms with Crippen molar-refractivity contribution in [2.45, 2.75) is 40.0 Å². The summed E-state index contributed by atoms with van der Waals surface area (Å²) in [7, 11) is 0. The van der Waals surface area contributed by atoms with E-state index in [0.717, 1.165) is 19.3 Å². The third-order valence-corrected chi connectivity index (χ3v) is 1.78. The summed E-state index contributed by atoms with van der Waals surface area (Å²) in [5, 5.41) is 0. The van der Waals surface area contributed by atoms with Crippen molar-refractivity contribution in [1.29, 1.82) is 0 Å². The molecule has 0 aliphatic rings. The molecule has 0 amide bonds. The molecule has 2 N–H and O–H groups in total. The van der Waals surface area contributed by atoms with Crippen LogP contribution in [0.5, 0.6) is 0 Å². The van der Waals surface area contributed by atoms with Crippen LogP contribution in [0.15, 0.2) is 11.3 Å². The molecule has 0 heterocycles. The van der Waals surface area contributed by atoms with E-state index in [-0.39, 0.29) is 5.97 Å². The van der Waals surface area contributed by atoms with E-state index in [1.807, 2.05) is 0 Å². The van der Waals surface area contributed by atoms with E-state index in [1.165, 1.54) is 0 Å². The van der Waals surface area contributed by atoms with E-state index in [2.05, 4.69) is 6.92 Å². The maximum Gasteiger partial charge on any atom is 0.335 e. The highest BCUT2D eigenvalue weighted by Gasteiger charge is 2.11. The fraction of sp³-hybridized carbons (Fsp3) is 0.700. The number of esters is 1. The predicted molar refractivity (Wildman–Crippen MR) is 53.0 cm³/mol. The first-order chi connectivity index (χ1) is 6.13. The normalized spacial score (nSPS) is 12.2. The van der Waals surface area contributed by atoms with Gasteiger partial charge in [0.15, 0.2) is 0 Å². The molecule has 0 saturated heterocycles. The molecule has 3 heteroatoms. The Labute approximate surface area is 79.9 Å². The van der Waals surface area contributed by atoms with Gasteiger partial charge in [0, 0.05) is 5.70 Å². The van der Waals surface area contributed by atoms with Gasteiger partial charge in [-0.3, -0.25) is 0 Å². The third-order valence-electron chi connectivity index (χ3n) is 1.78. The summed E-state index contributed by atoms with van der Waals surface area (Å²) in [4.78, 5) is 11.3.